The van der Waals surface area contributed by atoms with Gasteiger partial charge in [0.25, 0.3) is 5.56 Å². The number of aromatic nitrogens is 2. The molecule has 0 amide bonds. The Morgan fingerprint density at radius 1 is 1.08 bits per heavy atom. The summed E-state index contributed by atoms with van der Waals surface area (Å²) in [6, 6.07) is 16.2. The molecule has 5 rings (SSSR count). The molecule has 0 radical (unpaired) electrons. The largest absolute Gasteiger partial charge is 0.487 e. The van der Waals surface area contributed by atoms with E-state index in [0.29, 0.717) is 17.5 Å². The van der Waals surface area contributed by atoms with E-state index in [1.165, 1.54) is 11.1 Å². The van der Waals surface area contributed by atoms with Crippen molar-refractivity contribution < 1.29 is 14.6 Å². The number of hydrogen-bond donors (Lipinski definition) is 1. The van der Waals surface area contributed by atoms with Crippen molar-refractivity contribution in [2.75, 3.05) is 0 Å². The van der Waals surface area contributed by atoms with Gasteiger partial charge in [-0.3, -0.25) is 4.79 Å². The zero-order valence-corrected chi connectivity index (χ0v) is 26.6. The zero-order chi connectivity index (χ0) is 27.5. The number of nitrogens with zero attached hydrogens (tertiary/aromatic N) is 3. The molecule has 0 saturated heterocycles. The number of benzene rings is 3. The van der Waals surface area contributed by atoms with Crippen molar-refractivity contribution in [2.24, 2.45) is 5.10 Å². The number of aromatic carboxylic acids is 1. The fourth-order valence-electron chi connectivity index (χ4n) is 4.72. The van der Waals surface area contributed by atoms with E-state index >= 15 is 0 Å². The number of ether oxygens (including phenoxy) is 1. The van der Waals surface area contributed by atoms with E-state index in [2.05, 4.69) is 66.2 Å². The van der Waals surface area contributed by atoms with E-state index in [1.54, 1.807) is 36.5 Å². The molecule has 10 heteroatoms. The molecule has 0 spiro atoms. The molecule has 0 aliphatic heterocycles. The first-order valence-corrected chi connectivity index (χ1v) is 15.5. The summed E-state index contributed by atoms with van der Waals surface area (Å²) in [4.78, 5) is 29.5. The van der Waals surface area contributed by atoms with Gasteiger partial charge in [-0.1, -0.05) is 47.3 Å². The molecule has 1 aromatic heterocycles. The van der Waals surface area contributed by atoms with Gasteiger partial charge in [-0.05, 0) is 112 Å². The molecule has 4 aromatic rings. The molecule has 0 bridgehead atoms. The average Bonchev–Trinajstić information content (AvgIpc) is 2.93. The van der Waals surface area contributed by atoms with E-state index in [-0.39, 0.29) is 17.0 Å². The van der Waals surface area contributed by atoms with Crippen LogP contribution >= 0.6 is 61.1 Å². The SMILES string of the molecule is O=C(O)c1ccc(COc2c(I)cc(C=Nn3c(C4CCCCC4)nc4ccc(Br)cc4c3=O)cc2I)cc1. The van der Waals surface area contributed by atoms with Crippen molar-refractivity contribution in [2.45, 2.75) is 44.6 Å². The predicted octanol–water partition coefficient (Wildman–Crippen LogP) is 7.58. The summed E-state index contributed by atoms with van der Waals surface area (Å²) in [5.74, 6) is 0.721. The summed E-state index contributed by atoms with van der Waals surface area (Å²) in [6.45, 7) is 0.317. The number of rotatable bonds is 7. The molecule has 0 atom stereocenters. The Morgan fingerprint density at radius 2 is 1.77 bits per heavy atom. The van der Waals surface area contributed by atoms with Crippen LogP contribution in [-0.4, -0.2) is 27.0 Å². The third-order valence-corrected chi connectivity index (χ3v) is 8.83. The second kappa shape index (κ2) is 12.5. The normalized spacial score (nSPS) is 14.2. The van der Waals surface area contributed by atoms with Gasteiger partial charge in [0.2, 0.25) is 0 Å². The van der Waals surface area contributed by atoms with Crippen molar-refractivity contribution in [3.05, 3.63) is 99.1 Å². The molecule has 1 heterocycles. The molecule has 3 aromatic carbocycles. The minimum absolute atomic E-state index is 0.170. The maximum Gasteiger partial charge on any atom is 0.335 e. The summed E-state index contributed by atoms with van der Waals surface area (Å²) in [5.41, 5.74) is 2.49. The van der Waals surface area contributed by atoms with Crippen molar-refractivity contribution in [1.82, 2.24) is 9.66 Å². The first-order valence-electron chi connectivity index (χ1n) is 12.5. The van der Waals surface area contributed by atoms with E-state index in [1.807, 2.05) is 24.3 Å². The Labute approximate surface area is 261 Å². The summed E-state index contributed by atoms with van der Waals surface area (Å²) in [6.07, 6.45) is 7.19. The summed E-state index contributed by atoms with van der Waals surface area (Å²) in [5, 5.41) is 14.3. The summed E-state index contributed by atoms with van der Waals surface area (Å²) >= 11 is 7.93. The van der Waals surface area contributed by atoms with Crippen LogP contribution in [0.5, 0.6) is 5.75 Å². The molecule has 1 N–H and O–H groups in total. The molecular formula is C29H24BrI2N3O4. The highest BCUT2D eigenvalue weighted by molar-refractivity contribution is 14.1. The smallest absolute Gasteiger partial charge is 0.335 e. The Hall–Kier alpha value is -2.32. The maximum absolute atomic E-state index is 13.6. The Bertz CT molecular complexity index is 1610. The molecule has 7 nitrogen and oxygen atoms in total. The maximum atomic E-state index is 13.6. The number of halogens is 3. The van der Waals surface area contributed by atoms with Gasteiger partial charge in [-0.15, -0.1) is 0 Å². The van der Waals surface area contributed by atoms with Crippen LogP contribution in [-0.2, 0) is 6.61 Å². The average molecular weight is 812 g/mol. The van der Waals surface area contributed by atoms with Crippen LogP contribution in [0.15, 0.2) is 69.0 Å². The standard InChI is InChI=1S/C29H24BrI2N3O4/c30-21-10-11-25-22(14-21)28(36)35(27(34-25)19-4-2-1-3-5-19)33-15-18-12-23(31)26(24(32)13-18)39-16-17-6-8-20(9-7-17)29(37)38/h6-15,19H,1-5,16H2,(H,37,38). The predicted molar refractivity (Wildman–Crippen MR) is 172 cm³/mol. The van der Waals surface area contributed by atoms with Gasteiger partial charge < -0.3 is 9.84 Å². The lowest BCUT2D eigenvalue weighted by molar-refractivity contribution is 0.0697. The van der Waals surface area contributed by atoms with Gasteiger partial charge in [0.15, 0.2) is 0 Å². The lowest BCUT2D eigenvalue weighted by Gasteiger charge is -2.22. The van der Waals surface area contributed by atoms with Crippen LogP contribution in [0.2, 0.25) is 0 Å². The fourth-order valence-corrected chi connectivity index (χ4v) is 7.21. The van der Waals surface area contributed by atoms with Crippen molar-refractivity contribution >= 4 is 84.2 Å². The van der Waals surface area contributed by atoms with Crippen LogP contribution in [0, 0.1) is 7.14 Å². The molecule has 1 saturated carbocycles. The second-order valence-corrected chi connectivity index (χ2v) is 12.7. The Kier molecular flexibility index (Phi) is 9.02. The highest BCUT2D eigenvalue weighted by Gasteiger charge is 2.22. The molecule has 0 unspecified atom stereocenters. The Balaban J connectivity index is 1.43. The third kappa shape index (κ3) is 6.54. The third-order valence-electron chi connectivity index (χ3n) is 6.73. The van der Waals surface area contributed by atoms with E-state index in [9.17, 15) is 9.59 Å². The molecule has 1 aliphatic carbocycles. The summed E-state index contributed by atoms with van der Waals surface area (Å²) < 4.78 is 10.2. The van der Waals surface area contributed by atoms with E-state index in [4.69, 9.17) is 14.8 Å². The minimum Gasteiger partial charge on any atom is -0.487 e. The highest BCUT2D eigenvalue weighted by atomic mass is 127. The molecular weight excluding hydrogens is 788 g/mol. The lowest BCUT2D eigenvalue weighted by Crippen LogP contribution is -2.25. The van der Waals surface area contributed by atoms with Gasteiger partial charge in [-0.25, -0.2) is 9.78 Å². The number of carboxylic acid groups (broad SMARTS) is 1. The molecule has 200 valence electrons. The van der Waals surface area contributed by atoms with Crippen LogP contribution in [0.25, 0.3) is 10.9 Å². The van der Waals surface area contributed by atoms with E-state index in [0.717, 1.165) is 60.0 Å². The fraction of sp³-hybridized carbons (Fsp3) is 0.241. The van der Waals surface area contributed by atoms with Gasteiger partial charge >= 0.3 is 5.97 Å². The topological polar surface area (TPSA) is 93.8 Å². The lowest BCUT2D eigenvalue weighted by atomic mass is 9.88. The Morgan fingerprint density at radius 3 is 2.44 bits per heavy atom. The molecule has 39 heavy (non-hydrogen) atoms. The first-order chi connectivity index (χ1) is 18.8. The van der Waals surface area contributed by atoms with Crippen LogP contribution in [0.3, 0.4) is 0 Å². The van der Waals surface area contributed by atoms with Gasteiger partial charge in [0.05, 0.1) is 29.8 Å². The van der Waals surface area contributed by atoms with Gasteiger partial charge in [0.1, 0.15) is 18.2 Å². The molecule has 1 fully saturated rings. The quantitative estimate of drug-likeness (QED) is 0.154. The monoisotopic (exact) mass is 811 g/mol. The number of hydrogen-bond acceptors (Lipinski definition) is 5. The van der Waals surface area contributed by atoms with Gasteiger partial charge in [-0.2, -0.15) is 9.78 Å². The summed E-state index contributed by atoms with van der Waals surface area (Å²) in [7, 11) is 0. The van der Waals surface area contributed by atoms with Crippen LogP contribution < -0.4 is 10.3 Å². The van der Waals surface area contributed by atoms with E-state index < -0.39 is 5.97 Å². The van der Waals surface area contributed by atoms with Crippen LogP contribution in [0.1, 0.15) is 65.3 Å². The minimum atomic E-state index is -0.954. The number of carbonyl (C=O) groups is 1. The second-order valence-electron chi connectivity index (χ2n) is 9.43. The highest BCUT2D eigenvalue weighted by Crippen LogP contribution is 2.32. The van der Waals surface area contributed by atoms with Crippen molar-refractivity contribution in [3.8, 4) is 5.75 Å². The van der Waals surface area contributed by atoms with Crippen LogP contribution in [0.4, 0.5) is 0 Å². The van der Waals surface area contributed by atoms with Crippen molar-refractivity contribution in [1.29, 1.82) is 0 Å². The van der Waals surface area contributed by atoms with Crippen molar-refractivity contribution in [3.63, 3.8) is 0 Å². The first kappa shape index (κ1) is 28.2. The van der Waals surface area contributed by atoms with Gasteiger partial charge in [0, 0.05) is 10.4 Å². The number of fused-ring (bicyclic) bond motifs is 1. The zero-order valence-electron chi connectivity index (χ0n) is 20.7. The molecule has 1 aliphatic rings. The number of carboxylic acids is 1.